The highest BCUT2D eigenvalue weighted by Crippen LogP contribution is 2.38. The van der Waals surface area contributed by atoms with E-state index in [0.29, 0.717) is 25.9 Å². The van der Waals surface area contributed by atoms with Crippen molar-refractivity contribution in [2.45, 2.75) is 13.0 Å². The largest absolute Gasteiger partial charge is 0.488 e. The summed E-state index contributed by atoms with van der Waals surface area (Å²) >= 11 is 0. The van der Waals surface area contributed by atoms with Crippen molar-refractivity contribution in [1.29, 1.82) is 0 Å². The molecule has 1 saturated heterocycles. The highest BCUT2D eigenvalue weighted by molar-refractivity contribution is 5.51. The molecule has 0 spiro atoms. The van der Waals surface area contributed by atoms with Gasteiger partial charge in [0.15, 0.2) is 11.5 Å². The van der Waals surface area contributed by atoms with Crippen molar-refractivity contribution in [3.63, 3.8) is 0 Å². The summed E-state index contributed by atoms with van der Waals surface area (Å²) in [5.74, 6) is 2.27. The molecule has 0 N–H and O–H groups in total. The van der Waals surface area contributed by atoms with Crippen LogP contribution in [0, 0.1) is 0 Å². The molecule has 0 bridgehead atoms. The molecule has 1 atom stereocenters. The van der Waals surface area contributed by atoms with Crippen molar-refractivity contribution in [3.8, 4) is 17.2 Å². The van der Waals surface area contributed by atoms with Gasteiger partial charge >= 0.3 is 0 Å². The maximum absolute atomic E-state index is 5.93. The fourth-order valence-corrected chi connectivity index (χ4v) is 2.49. The quantitative estimate of drug-likeness (QED) is 0.836. The summed E-state index contributed by atoms with van der Waals surface area (Å²) in [5.41, 5.74) is 0. The summed E-state index contributed by atoms with van der Waals surface area (Å²) in [5, 5.41) is 0. The predicted octanol–water partition coefficient (Wildman–Crippen LogP) is 1.56. The number of rotatable bonds is 4. The zero-order chi connectivity index (χ0) is 13.8. The van der Waals surface area contributed by atoms with Crippen LogP contribution in [0.4, 0.5) is 0 Å². The molecule has 0 saturated carbocycles. The first-order valence-electron chi connectivity index (χ1n) is 7.18. The summed E-state index contributed by atoms with van der Waals surface area (Å²) < 4.78 is 22.5. The first-order valence-corrected chi connectivity index (χ1v) is 7.18. The van der Waals surface area contributed by atoms with E-state index in [0.717, 1.165) is 43.6 Å². The molecule has 110 valence electrons. The van der Waals surface area contributed by atoms with Crippen LogP contribution >= 0.6 is 0 Å². The molecule has 5 heteroatoms. The Morgan fingerprint density at radius 3 is 2.80 bits per heavy atom. The highest BCUT2D eigenvalue weighted by Gasteiger charge is 2.20. The first kappa shape index (κ1) is 13.5. The third-order valence-corrected chi connectivity index (χ3v) is 3.68. The molecular weight excluding hydrogens is 258 g/mol. The normalized spacial score (nSPS) is 20.4. The van der Waals surface area contributed by atoms with E-state index in [1.807, 2.05) is 18.2 Å². The van der Waals surface area contributed by atoms with Crippen molar-refractivity contribution < 1.29 is 18.9 Å². The smallest absolute Gasteiger partial charge is 0.203 e. The van der Waals surface area contributed by atoms with Gasteiger partial charge < -0.3 is 18.9 Å². The second-order valence-corrected chi connectivity index (χ2v) is 5.09. The Morgan fingerprint density at radius 2 is 1.95 bits per heavy atom. The molecule has 3 rings (SSSR count). The Morgan fingerprint density at radius 1 is 1.15 bits per heavy atom. The molecule has 2 aliphatic rings. The van der Waals surface area contributed by atoms with Crippen LogP contribution in [-0.4, -0.2) is 57.1 Å². The van der Waals surface area contributed by atoms with Crippen molar-refractivity contribution >= 4 is 0 Å². The first-order chi connectivity index (χ1) is 9.84. The molecule has 2 heterocycles. The Hall–Kier alpha value is -1.46. The number of fused-ring (bicyclic) bond motifs is 1. The van der Waals surface area contributed by atoms with Gasteiger partial charge in [0, 0.05) is 19.1 Å². The van der Waals surface area contributed by atoms with Crippen LogP contribution in [-0.2, 0) is 4.74 Å². The number of hydrogen-bond donors (Lipinski definition) is 0. The SMILES string of the molecule is CC(COc1cccc2c1OCCO2)N1CCOCC1. The van der Waals surface area contributed by atoms with E-state index in [4.69, 9.17) is 18.9 Å². The van der Waals surface area contributed by atoms with Gasteiger partial charge in [-0.25, -0.2) is 0 Å². The molecule has 1 aromatic carbocycles. The van der Waals surface area contributed by atoms with Crippen LogP contribution in [0.15, 0.2) is 18.2 Å². The Bertz CT molecular complexity index is 445. The van der Waals surface area contributed by atoms with Crippen molar-refractivity contribution in [1.82, 2.24) is 4.90 Å². The van der Waals surface area contributed by atoms with Gasteiger partial charge in [0.05, 0.1) is 13.2 Å². The van der Waals surface area contributed by atoms with Crippen LogP contribution in [0.2, 0.25) is 0 Å². The van der Waals surface area contributed by atoms with E-state index >= 15 is 0 Å². The minimum atomic E-state index is 0.360. The predicted molar refractivity (Wildman–Crippen MR) is 74.8 cm³/mol. The summed E-state index contributed by atoms with van der Waals surface area (Å²) in [6.07, 6.45) is 0. The number of morpholine rings is 1. The zero-order valence-electron chi connectivity index (χ0n) is 11.8. The van der Waals surface area contributed by atoms with E-state index < -0.39 is 0 Å². The molecule has 20 heavy (non-hydrogen) atoms. The van der Waals surface area contributed by atoms with Gasteiger partial charge in [-0.3, -0.25) is 4.90 Å². The molecule has 2 aliphatic heterocycles. The molecule has 5 nitrogen and oxygen atoms in total. The topological polar surface area (TPSA) is 40.2 Å². The highest BCUT2D eigenvalue weighted by atomic mass is 16.6. The van der Waals surface area contributed by atoms with E-state index in [1.54, 1.807) is 0 Å². The lowest BCUT2D eigenvalue weighted by atomic mass is 10.2. The Kier molecular flexibility index (Phi) is 4.28. The lowest BCUT2D eigenvalue weighted by molar-refractivity contribution is 0.0101. The van der Waals surface area contributed by atoms with Crippen LogP contribution in [0.25, 0.3) is 0 Å². The molecule has 1 fully saturated rings. The van der Waals surface area contributed by atoms with E-state index in [2.05, 4.69) is 11.8 Å². The van der Waals surface area contributed by atoms with Crippen LogP contribution in [0.5, 0.6) is 17.2 Å². The average Bonchev–Trinajstić information content (AvgIpc) is 2.53. The average molecular weight is 279 g/mol. The Balaban J connectivity index is 1.60. The number of hydrogen-bond acceptors (Lipinski definition) is 5. The van der Waals surface area contributed by atoms with Gasteiger partial charge in [0.1, 0.15) is 19.8 Å². The fourth-order valence-electron chi connectivity index (χ4n) is 2.49. The number of nitrogens with zero attached hydrogens (tertiary/aromatic N) is 1. The minimum absolute atomic E-state index is 0.360. The second-order valence-electron chi connectivity index (χ2n) is 5.09. The summed E-state index contributed by atoms with van der Waals surface area (Å²) in [6.45, 7) is 7.54. The number of ether oxygens (including phenoxy) is 4. The molecule has 0 radical (unpaired) electrons. The fraction of sp³-hybridized carbons (Fsp3) is 0.600. The van der Waals surface area contributed by atoms with Crippen molar-refractivity contribution in [3.05, 3.63) is 18.2 Å². The van der Waals surface area contributed by atoms with Crippen LogP contribution < -0.4 is 14.2 Å². The van der Waals surface area contributed by atoms with Gasteiger partial charge in [-0.05, 0) is 19.1 Å². The van der Waals surface area contributed by atoms with E-state index in [9.17, 15) is 0 Å². The molecule has 0 amide bonds. The lowest BCUT2D eigenvalue weighted by Crippen LogP contribution is -2.44. The van der Waals surface area contributed by atoms with Crippen LogP contribution in [0.1, 0.15) is 6.92 Å². The third-order valence-electron chi connectivity index (χ3n) is 3.68. The summed E-state index contributed by atoms with van der Waals surface area (Å²) in [7, 11) is 0. The van der Waals surface area contributed by atoms with E-state index in [-0.39, 0.29) is 0 Å². The van der Waals surface area contributed by atoms with E-state index in [1.165, 1.54) is 0 Å². The maximum atomic E-state index is 5.93. The summed E-state index contributed by atoms with van der Waals surface area (Å²) in [4.78, 5) is 2.39. The molecular formula is C15H21NO4. The third kappa shape index (κ3) is 2.99. The molecule has 1 aromatic rings. The second kappa shape index (κ2) is 6.33. The zero-order valence-corrected chi connectivity index (χ0v) is 11.8. The van der Waals surface area contributed by atoms with Crippen LogP contribution in [0.3, 0.4) is 0 Å². The lowest BCUT2D eigenvalue weighted by Gasteiger charge is -2.32. The number of benzene rings is 1. The van der Waals surface area contributed by atoms with Crippen molar-refractivity contribution in [2.24, 2.45) is 0 Å². The minimum Gasteiger partial charge on any atom is -0.488 e. The standard InChI is InChI=1S/C15H21NO4/c1-12(16-5-7-17-8-6-16)11-20-14-4-2-3-13-15(14)19-10-9-18-13/h2-4,12H,5-11H2,1H3. The van der Waals surface area contributed by atoms with Gasteiger partial charge in [0.2, 0.25) is 5.75 Å². The molecule has 0 aromatic heterocycles. The monoisotopic (exact) mass is 279 g/mol. The van der Waals surface area contributed by atoms with Gasteiger partial charge in [-0.2, -0.15) is 0 Å². The number of para-hydroxylation sites is 1. The Labute approximate surface area is 119 Å². The maximum Gasteiger partial charge on any atom is 0.203 e. The summed E-state index contributed by atoms with van der Waals surface area (Å²) in [6, 6.07) is 6.13. The molecule has 1 unspecified atom stereocenters. The van der Waals surface area contributed by atoms with Gasteiger partial charge in [-0.15, -0.1) is 0 Å². The van der Waals surface area contributed by atoms with Gasteiger partial charge in [-0.1, -0.05) is 6.07 Å². The molecule has 0 aliphatic carbocycles. The van der Waals surface area contributed by atoms with Crippen molar-refractivity contribution in [2.75, 3.05) is 46.1 Å². The van der Waals surface area contributed by atoms with Gasteiger partial charge in [0.25, 0.3) is 0 Å².